The van der Waals surface area contributed by atoms with Crippen LogP contribution >= 0.6 is 11.6 Å². The zero-order valence-electron chi connectivity index (χ0n) is 15.2. The van der Waals surface area contributed by atoms with Gasteiger partial charge in [-0.1, -0.05) is 49.7 Å². The van der Waals surface area contributed by atoms with Gasteiger partial charge >= 0.3 is 0 Å². The number of nitrogens with zero attached hydrogens (tertiary/aromatic N) is 4. The lowest BCUT2D eigenvalue weighted by Gasteiger charge is -2.18. The molecule has 0 radical (unpaired) electrons. The number of fused-ring (bicyclic) bond motifs is 3. The number of hydrogen-bond acceptors (Lipinski definition) is 2. The minimum atomic E-state index is 0.742. The maximum atomic E-state index is 6.02. The molecule has 2 aromatic heterocycles. The molecule has 134 valence electrons. The van der Waals surface area contributed by atoms with Crippen molar-refractivity contribution in [3.8, 4) is 11.3 Å². The quantitative estimate of drug-likeness (QED) is 0.482. The molecule has 2 heterocycles. The zero-order chi connectivity index (χ0) is 18.1. The summed E-state index contributed by atoms with van der Waals surface area (Å²) in [6.45, 7) is 8.50. The first-order valence-corrected chi connectivity index (χ1v) is 9.53. The summed E-state index contributed by atoms with van der Waals surface area (Å²) in [5.74, 6) is 0.989. The van der Waals surface area contributed by atoms with Crippen molar-refractivity contribution in [3.05, 3.63) is 59.8 Å². The third-order valence-corrected chi connectivity index (χ3v) is 5.29. The van der Waals surface area contributed by atoms with Crippen molar-refractivity contribution in [2.75, 3.05) is 19.6 Å². The summed E-state index contributed by atoms with van der Waals surface area (Å²) >= 11 is 6.02. The van der Waals surface area contributed by atoms with Crippen molar-refractivity contribution in [1.29, 1.82) is 0 Å². The molecule has 0 saturated carbocycles. The number of rotatable bonds is 6. The minimum absolute atomic E-state index is 0.742. The maximum absolute atomic E-state index is 6.02. The third kappa shape index (κ3) is 3.00. The molecule has 4 nitrogen and oxygen atoms in total. The van der Waals surface area contributed by atoms with E-state index in [-0.39, 0.29) is 0 Å². The van der Waals surface area contributed by atoms with E-state index in [0.717, 1.165) is 48.2 Å². The topological polar surface area (TPSA) is 25.5 Å². The van der Waals surface area contributed by atoms with Gasteiger partial charge in [0.15, 0.2) is 0 Å². The van der Waals surface area contributed by atoms with Gasteiger partial charge in [-0.25, -0.2) is 4.98 Å². The molecule has 4 aromatic rings. The van der Waals surface area contributed by atoms with Crippen molar-refractivity contribution in [1.82, 2.24) is 18.9 Å². The van der Waals surface area contributed by atoms with Crippen molar-refractivity contribution < 1.29 is 0 Å². The van der Waals surface area contributed by atoms with Gasteiger partial charge in [0, 0.05) is 29.9 Å². The summed E-state index contributed by atoms with van der Waals surface area (Å²) in [6, 6.07) is 16.4. The maximum Gasteiger partial charge on any atom is 0.215 e. The molecule has 0 amide bonds. The molecule has 5 heteroatoms. The Labute approximate surface area is 158 Å². The zero-order valence-corrected chi connectivity index (χ0v) is 15.9. The summed E-state index contributed by atoms with van der Waals surface area (Å²) in [7, 11) is 0. The Morgan fingerprint density at radius 2 is 1.65 bits per heavy atom. The number of hydrogen-bond donors (Lipinski definition) is 0. The molecule has 0 aliphatic rings. The van der Waals surface area contributed by atoms with E-state index in [4.69, 9.17) is 16.6 Å². The van der Waals surface area contributed by atoms with Gasteiger partial charge in [-0.2, -0.15) is 0 Å². The SMILES string of the molecule is CCN(CC)CCn1c2ccccc2n2cc(-c3ccc(Cl)cc3)nc12. The van der Waals surface area contributed by atoms with Crippen LogP contribution in [0.4, 0.5) is 0 Å². The smallest absolute Gasteiger partial charge is 0.215 e. The highest BCUT2D eigenvalue weighted by molar-refractivity contribution is 6.30. The van der Waals surface area contributed by atoms with Gasteiger partial charge in [0.25, 0.3) is 0 Å². The minimum Gasteiger partial charge on any atom is -0.308 e. The predicted molar refractivity (Wildman–Crippen MR) is 109 cm³/mol. The monoisotopic (exact) mass is 366 g/mol. The number of imidazole rings is 2. The van der Waals surface area contributed by atoms with Gasteiger partial charge in [0.05, 0.1) is 16.7 Å². The van der Waals surface area contributed by atoms with Crippen molar-refractivity contribution in [2.24, 2.45) is 0 Å². The summed E-state index contributed by atoms with van der Waals surface area (Å²) in [5.41, 5.74) is 4.47. The van der Waals surface area contributed by atoms with E-state index in [2.05, 4.69) is 58.2 Å². The Kier molecular flexibility index (Phi) is 4.70. The van der Waals surface area contributed by atoms with Crippen molar-refractivity contribution in [2.45, 2.75) is 20.4 Å². The predicted octanol–water partition coefficient (Wildman–Crippen LogP) is 4.95. The highest BCUT2D eigenvalue weighted by Gasteiger charge is 2.15. The highest BCUT2D eigenvalue weighted by atomic mass is 35.5. The van der Waals surface area contributed by atoms with E-state index in [0.29, 0.717) is 0 Å². The van der Waals surface area contributed by atoms with Crippen LogP contribution in [-0.2, 0) is 6.54 Å². The number of aromatic nitrogens is 3. The van der Waals surface area contributed by atoms with Crippen LogP contribution in [0.25, 0.3) is 28.1 Å². The van der Waals surface area contributed by atoms with E-state index < -0.39 is 0 Å². The number of para-hydroxylation sites is 2. The van der Waals surface area contributed by atoms with Crippen LogP contribution < -0.4 is 0 Å². The third-order valence-electron chi connectivity index (χ3n) is 5.04. The number of likely N-dealkylation sites (N-methyl/N-ethyl adjacent to an activating group) is 1. The Morgan fingerprint density at radius 1 is 0.962 bits per heavy atom. The molecule has 0 aliphatic carbocycles. The second-order valence-corrected chi connectivity index (χ2v) is 6.91. The first-order chi connectivity index (χ1) is 12.7. The summed E-state index contributed by atoms with van der Waals surface area (Å²) in [6.07, 6.45) is 2.12. The average molecular weight is 367 g/mol. The lowest BCUT2D eigenvalue weighted by molar-refractivity contribution is 0.293. The summed E-state index contributed by atoms with van der Waals surface area (Å²) < 4.78 is 4.52. The van der Waals surface area contributed by atoms with E-state index in [1.54, 1.807) is 0 Å². The second-order valence-electron chi connectivity index (χ2n) is 6.47. The van der Waals surface area contributed by atoms with Crippen molar-refractivity contribution >= 4 is 28.4 Å². The van der Waals surface area contributed by atoms with Gasteiger partial charge in [-0.05, 0) is 37.4 Å². The largest absolute Gasteiger partial charge is 0.308 e. The number of halogens is 1. The molecule has 0 atom stereocenters. The van der Waals surface area contributed by atoms with E-state index in [1.165, 1.54) is 11.0 Å². The van der Waals surface area contributed by atoms with Crippen LogP contribution in [0.5, 0.6) is 0 Å². The molecule has 4 rings (SSSR count). The second kappa shape index (κ2) is 7.14. The normalized spacial score (nSPS) is 11.8. The molecule has 0 spiro atoms. The Bertz CT molecular complexity index is 1030. The van der Waals surface area contributed by atoms with Gasteiger partial charge in [0.2, 0.25) is 5.78 Å². The molecule has 0 bridgehead atoms. The molecule has 0 saturated heterocycles. The Hall–Kier alpha value is -2.30. The van der Waals surface area contributed by atoms with E-state index in [1.807, 2.05) is 24.3 Å². The summed E-state index contributed by atoms with van der Waals surface area (Å²) in [5, 5.41) is 0.742. The van der Waals surface area contributed by atoms with Crippen molar-refractivity contribution in [3.63, 3.8) is 0 Å². The Morgan fingerprint density at radius 3 is 2.35 bits per heavy atom. The average Bonchev–Trinajstić information content (AvgIpc) is 3.22. The van der Waals surface area contributed by atoms with Gasteiger partial charge in [-0.15, -0.1) is 0 Å². The molecular formula is C21H23ClN4. The van der Waals surface area contributed by atoms with Crippen LogP contribution in [-0.4, -0.2) is 38.5 Å². The van der Waals surface area contributed by atoms with Gasteiger partial charge < -0.3 is 9.47 Å². The number of benzene rings is 2. The lowest BCUT2D eigenvalue weighted by Crippen LogP contribution is -2.27. The summed E-state index contributed by atoms with van der Waals surface area (Å²) in [4.78, 5) is 7.38. The first kappa shape index (κ1) is 17.1. The molecule has 0 N–H and O–H groups in total. The fraction of sp³-hybridized carbons (Fsp3) is 0.286. The lowest BCUT2D eigenvalue weighted by atomic mass is 10.2. The van der Waals surface area contributed by atoms with Crippen LogP contribution in [0, 0.1) is 0 Å². The van der Waals surface area contributed by atoms with Crippen LogP contribution in [0.2, 0.25) is 5.02 Å². The highest BCUT2D eigenvalue weighted by Crippen LogP contribution is 2.26. The molecular weight excluding hydrogens is 344 g/mol. The standard InChI is InChI=1S/C21H23ClN4/c1-3-24(4-2)13-14-25-19-7-5-6-8-20(19)26-15-18(23-21(25)26)16-9-11-17(22)12-10-16/h5-12,15H,3-4,13-14H2,1-2H3. The Balaban J connectivity index is 1.81. The van der Waals surface area contributed by atoms with Gasteiger partial charge in [-0.3, -0.25) is 4.40 Å². The molecule has 0 fully saturated rings. The van der Waals surface area contributed by atoms with Gasteiger partial charge in [0.1, 0.15) is 0 Å². The molecule has 2 aromatic carbocycles. The fourth-order valence-electron chi connectivity index (χ4n) is 3.50. The first-order valence-electron chi connectivity index (χ1n) is 9.16. The fourth-order valence-corrected chi connectivity index (χ4v) is 3.63. The van der Waals surface area contributed by atoms with E-state index in [9.17, 15) is 0 Å². The molecule has 0 unspecified atom stereocenters. The van der Waals surface area contributed by atoms with Crippen LogP contribution in [0.1, 0.15) is 13.8 Å². The van der Waals surface area contributed by atoms with E-state index >= 15 is 0 Å². The van der Waals surface area contributed by atoms with Crippen LogP contribution in [0.15, 0.2) is 54.7 Å². The van der Waals surface area contributed by atoms with Crippen LogP contribution in [0.3, 0.4) is 0 Å². The molecule has 26 heavy (non-hydrogen) atoms. The molecule has 0 aliphatic heterocycles.